The van der Waals surface area contributed by atoms with Crippen LogP contribution in [0.4, 0.5) is 0 Å². The SMILES string of the molecule is NCC(O)C(O)c1nc(Br)cs1. The molecular formula is C6H9BrN2O2S. The number of hydrogen-bond donors (Lipinski definition) is 3. The van der Waals surface area contributed by atoms with E-state index in [1.54, 1.807) is 5.38 Å². The summed E-state index contributed by atoms with van der Waals surface area (Å²) >= 11 is 4.42. The predicted octanol–water partition coefficient (Wildman–Crippen LogP) is 0.259. The van der Waals surface area contributed by atoms with Crippen LogP contribution in [0.5, 0.6) is 0 Å². The van der Waals surface area contributed by atoms with E-state index in [0.717, 1.165) is 0 Å². The third-order valence-electron chi connectivity index (χ3n) is 1.35. The van der Waals surface area contributed by atoms with Gasteiger partial charge in [0, 0.05) is 11.9 Å². The van der Waals surface area contributed by atoms with Gasteiger partial charge in [-0.25, -0.2) is 4.98 Å². The first kappa shape index (κ1) is 10.1. The molecular weight excluding hydrogens is 244 g/mol. The van der Waals surface area contributed by atoms with E-state index in [2.05, 4.69) is 20.9 Å². The van der Waals surface area contributed by atoms with Crippen molar-refractivity contribution in [3.05, 3.63) is 15.0 Å². The lowest BCUT2D eigenvalue weighted by molar-refractivity contribution is 0.0241. The second kappa shape index (κ2) is 4.29. The molecule has 12 heavy (non-hydrogen) atoms. The Morgan fingerprint density at radius 2 is 2.33 bits per heavy atom. The summed E-state index contributed by atoms with van der Waals surface area (Å²) in [5.74, 6) is 0. The van der Waals surface area contributed by atoms with Gasteiger partial charge in [0.1, 0.15) is 15.7 Å². The first-order valence-corrected chi connectivity index (χ1v) is 4.99. The van der Waals surface area contributed by atoms with E-state index in [4.69, 9.17) is 10.8 Å². The fourth-order valence-electron chi connectivity index (χ4n) is 0.696. The second-order valence-corrected chi connectivity index (χ2v) is 3.96. The molecule has 0 amide bonds. The largest absolute Gasteiger partial charge is 0.389 e. The van der Waals surface area contributed by atoms with Gasteiger partial charge in [0.05, 0.1) is 6.10 Å². The number of rotatable bonds is 3. The Balaban J connectivity index is 2.70. The topological polar surface area (TPSA) is 79.4 Å². The molecule has 0 saturated carbocycles. The van der Waals surface area contributed by atoms with Gasteiger partial charge in [-0.15, -0.1) is 11.3 Å². The van der Waals surface area contributed by atoms with Crippen molar-refractivity contribution >= 4 is 27.3 Å². The van der Waals surface area contributed by atoms with Crippen LogP contribution in [0.25, 0.3) is 0 Å². The number of nitrogens with zero attached hydrogens (tertiary/aromatic N) is 1. The summed E-state index contributed by atoms with van der Waals surface area (Å²) in [6.45, 7) is 0.0262. The molecule has 1 aromatic heterocycles. The van der Waals surface area contributed by atoms with Crippen LogP contribution >= 0.6 is 27.3 Å². The zero-order valence-electron chi connectivity index (χ0n) is 6.14. The van der Waals surface area contributed by atoms with Crippen LogP contribution in [0.1, 0.15) is 11.1 Å². The number of hydrogen-bond acceptors (Lipinski definition) is 5. The van der Waals surface area contributed by atoms with Crippen molar-refractivity contribution in [1.82, 2.24) is 4.98 Å². The number of nitrogens with two attached hydrogens (primary N) is 1. The Kier molecular flexibility index (Phi) is 3.60. The normalized spacial score (nSPS) is 16.0. The van der Waals surface area contributed by atoms with E-state index in [9.17, 15) is 5.11 Å². The van der Waals surface area contributed by atoms with Gasteiger partial charge in [-0.2, -0.15) is 0 Å². The molecule has 0 saturated heterocycles. The van der Waals surface area contributed by atoms with E-state index in [-0.39, 0.29) is 6.54 Å². The molecule has 4 N–H and O–H groups in total. The summed E-state index contributed by atoms with van der Waals surface area (Å²) in [7, 11) is 0. The Hall–Kier alpha value is -0.0100. The number of aromatic nitrogens is 1. The number of thiazole rings is 1. The average Bonchev–Trinajstić information content (AvgIpc) is 2.49. The highest BCUT2D eigenvalue weighted by Gasteiger charge is 2.19. The molecule has 2 unspecified atom stereocenters. The van der Waals surface area contributed by atoms with Gasteiger partial charge < -0.3 is 15.9 Å². The number of aliphatic hydroxyl groups excluding tert-OH is 2. The fourth-order valence-corrected chi connectivity index (χ4v) is 2.00. The highest BCUT2D eigenvalue weighted by atomic mass is 79.9. The van der Waals surface area contributed by atoms with Gasteiger partial charge in [-0.05, 0) is 15.9 Å². The molecule has 0 spiro atoms. The lowest BCUT2D eigenvalue weighted by atomic mass is 10.2. The summed E-state index contributed by atoms with van der Waals surface area (Å²) in [6, 6.07) is 0. The molecule has 0 bridgehead atoms. The standard InChI is InChI=1S/C6H9BrN2O2S/c7-4-2-12-6(9-4)5(11)3(10)1-8/h2-3,5,10-11H,1,8H2. The average molecular weight is 253 g/mol. The molecule has 0 aliphatic carbocycles. The molecule has 0 aliphatic rings. The molecule has 1 heterocycles. The predicted molar refractivity (Wildman–Crippen MR) is 49.8 cm³/mol. The number of aliphatic hydroxyl groups is 2. The van der Waals surface area contributed by atoms with Gasteiger partial charge in [0.2, 0.25) is 0 Å². The van der Waals surface area contributed by atoms with E-state index in [0.29, 0.717) is 9.61 Å². The highest BCUT2D eigenvalue weighted by Crippen LogP contribution is 2.23. The maximum Gasteiger partial charge on any atom is 0.133 e. The van der Waals surface area contributed by atoms with E-state index in [1.165, 1.54) is 11.3 Å². The zero-order chi connectivity index (χ0) is 9.14. The maximum absolute atomic E-state index is 9.40. The number of halogens is 1. The fraction of sp³-hybridized carbons (Fsp3) is 0.500. The van der Waals surface area contributed by atoms with Crippen LogP contribution in [0.2, 0.25) is 0 Å². The van der Waals surface area contributed by atoms with Crippen molar-refractivity contribution in [2.24, 2.45) is 5.73 Å². The van der Waals surface area contributed by atoms with E-state index < -0.39 is 12.2 Å². The molecule has 1 rings (SSSR count). The Morgan fingerprint density at radius 1 is 1.67 bits per heavy atom. The molecule has 0 aliphatic heterocycles. The highest BCUT2D eigenvalue weighted by molar-refractivity contribution is 9.10. The first-order valence-electron chi connectivity index (χ1n) is 3.32. The van der Waals surface area contributed by atoms with Crippen molar-refractivity contribution < 1.29 is 10.2 Å². The third kappa shape index (κ3) is 2.24. The Bertz CT molecular complexity index is 255. The molecule has 2 atom stereocenters. The molecule has 0 fully saturated rings. The summed E-state index contributed by atoms with van der Waals surface area (Å²) in [6.07, 6.45) is -1.92. The van der Waals surface area contributed by atoms with Crippen molar-refractivity contribution in [2.45, 2.75) is 12.2 Å². The van der Waals surface area contributed by atoms with Crippen molar-refractivity contribution in [3.8, 4) is 0 Å². The van der Waals surface area contributed by atoms with Crippen LogP contribution in [-0.4, -0.2) is 27.8 Å². The first-order chi connectivity index (χ1) is 5.65. The molecule has 6 heteroatoms. The monoisotopic (exact) mass is 252 g/mol. The summed E-state index contributed by atoms with van der Waals surface area (Å²) in [4.78, 5) is 3.95. The van der Waals surface area contributed by atoms with Crippen LogP contribution in [-0.2, 0) is 0 Å². The zero-order valence-corrected chi connectivity index (χ0v) is 8.55. The molecule has 68 valence electrons. The van der Waals surface area contributed by atoms with Crippen LogP contribution in [0, 0.1) is 0 Å². The van der Waals surface area contributed by atoms with Crippen molar-refractivity contribution in [3.63, 3.8) is 0 Å². The summed E-state index contributed by atoms with van der Waals surface area (Å²) in [5, 5.41) is 20.8. The molecule has 1 aromatic rings. The van der Waals surface area contributed by atoms with Crippen LogP contribution in [0.15, 0.2) is 9.98 Å². The van der Waals surface area contributed by atoms with E-state index in [1.807, 2.05) is 0 Å². The van der Waals surface area contributed by atoms with Gasteiger partial charge in [0.15, 0.2) is 0 Å². The molecule has 0 aromatic carbocycles. The quantitative estimate of drug-likeness (QED) is 0.721. The van der Waals surface area contributed by atoms with Crippen LogP contribution in [0.3, 0.4) is 0 Å². The van der Waals surface area contributed by atoms with Crippen LogP contribution < -0.4 is 5.73 Å². The maximum atomic E-state index is 9.40. The Morgan fingerprint density at radius 3 is 2.75 bits per heavy atom. The minimum Gasteiger partial charge on any atom is -0.389 e. The van der Waals surface area contributed by atoms with Gasteiger partial charge in [-0.3, -0.25) is 0 Å². The lowest BCUT2D eigenvalue weighted by Crippen LogP contribution is -2.27. The smallest absolute Gasteiger partial charge is 0.133 e. The van der Waals surface area contributed by atoms with Crippen molar-refractivity contribution in [1.29, 1.82) is 0 Å². The summed E-state index contributed by atoms with van der Waals surface area (Å²) in [5.41, 5.74) is 5.17. The van der Waals surface area contributed by atoms with Crippen molar-refractivity contribution in [2.75, 3.05) is 6.54 Å². The molecule has 0 radical (unpaired) electrons. The Labute approximate surface area is 82.2 Å². The minimum absolute atomic E-state index is 0.0262. The van der Waals surface area contributed by atoms with E-state index >= 15 is 0 Å². The summed E-state index contributed by atoms with van der Waals surface area (Å²) < 4.78 is 0.658. The second-order valence-electron chi connectivity index (χ2n) is 2.26. The van der Waals surface area contributed by atoms with Gasteiger partial charge >= 0.3 is 0 Å². The lowest BCUT2D eigenvalue weighted by Gasteiger charge is -2.12. The minimum atomic E-state index is -0.980. The van der Waals surface area contributed by atoms with Gasteiger partial charge in [0.25, 0.3) is 0 Å². The molecule has 4 nitrogen and oxygen atoms in total. The third-order valence-corrected chi connectivity index (χ3v) is 2.98. The van der Waals surface area contributed by atoms with Gasteiger partial charge in [-0.1, -0.05) is 0 Å².